The molecule has 0 unspecified atom stereocenters. The number of aliphatic hydroxyl groups is 2. The fourth-order valence-electron chi connectivity index (χ4n) is 1.49. The standard InChI is InChI=1S/C8H16O2/c1-2-8(10)5-3-7(9)4-6-8/h7,9-10H,2-6H2,1H3/t7-,8-. The van der Waals surface area contributed by atoms with Crippen LogP contribution in [-0.4, -0.2) is 21.9 Å². The molecule has 0 aliphatic heterocycles. The quantitative estimate of drug-likeness (QED) is 0.577. The summed E-state index contributed by atoms with van der Waals surface area (Å²) in [6.45, 7) is 2.00. The number of rotatable bonds is 1. The van der Waals surface area contributed by atoms with Crippen molar-refractivity contribution < 1.29 is 10.2 Å². The van der Waals surface area contributed by atoms with E-state index in [9.17, 15) is 5.11 Å². The maximum atomic E-state index is 9.69. The van der Waals surface area contributed by atoms with Crippen LogP contribution >= 0.6 is 0 Å². The van der Waals surface area contributed by atoms with Gasteiger partial charge in [0.2, 0.25) is 0 Å². The summed E-state index contributed by atoms with van der Waals surface area (Å²) in [5.41, 5.74) is -0.459. The van der Waals surface area contributed by atoms with Gasteiger partial charge in [0.1, 0.15) is 0 Å². The molecule has 0 spiro atoms. The van der Waals surface area contributed by atoms with Gasteiger partial charge in [-0.25, -0.2) is 0 Å². The average Bonchev–Trinajstić information content (AvgIpc) is 1.96. The Kier molecular flexibility index (Phi) is 2.32. The van der Waals surface area contributed by atoms with Gasteiger partial charge in [0.05, 0.1) is 11.7 Å². The van der Waals surface area contributed by atoms with Crippen molar-refractivity contribution in [1.82, 2.24) is 0 Å². The van der Waals surface area contributed by atoms with Gasteiger partial charge in [0, 0.05) is 0 Å². The van der Waals surface area contributed by atoms with E-state index < -0.39 is 5.60 Å². The summed E-state index contributed by atoms with van der Waals surface area (Å²) in [7, 11) is 0. The van der Waals surface area contributed by atoms with Crippen LogP contribution in [0, 0.1) is 0 Å². The molecule has 1 aliphatic rings. The molecule has 2 nitrogen and oxygen atoms in total. The normalized spacial score (nSPS) is 41.7. The van der Waals surface area contributed by atoms with E-state index in [1.165, 1.54) is 0 Å². The maximum Gasteiger partial charge on any atom is 0.0647 e. The highest BCUT2D eigenvalue weighted by Crippen LogP contribution is 2.30. The first-order valence-electron chi connectivity index (χ1n) is 4.07. The van der Waals surface area contributed by atoms with E-state index in [1.54, 1.807) is 0 Å². The van der Waals surface area contributed by atoms with Gasteiger partial charge in [-0.1, -0.05) is 6.92 Å². The van der Waals surface area contributed by atoms with Crippen molar-refractivity contribution in [3.8, 4) is 0 Å². The molecule has 0 saturated heterocycles. The third-order valence-corrected chi connectivity index (χ3v) is 2.54. The van der Waals surface area contributed by atoms with E-state index in [0.717, 1.165) is 32.1 Å². The summed E-state index contributed by atoms with van der Waals surface area (Å²) in [4.78, 5) is 0. The summed E-state index contributed by atoms with van der Waals surface area (Å²) in [5, 5.41) is 18.8. The Labute approximate surface area is 61.9 Å². The molecule has 0 heterocycles. The van der Waals surface area contributed by atoms with Crippen molar-refractivity contribution in [2.24, 2.45) is 0 Å². The average molecular weight is 144 g/mol. The lowest BCUT2D eigenvalue weighted by Crippen LogP contribution is -2.34. The molecule has 0 radical (unpaired) electrons. The molecule has 2 N–H and O–H groups in total. The van der Waals surface area contributed by atoms with Gasteiger partial charge >= 0.3 is 0 Å². The highest BCUT2D eigenvalue weighted by atomic mass is 16.3. The molecular formula is C8H16O2. The lowest BCUT2D eigenvalue weighted by molar-refractivity contribution is -0.0339. The fraction of sp³-hybridized carbons (Fsp3) is 1.00. The third-order valence-electron chi connectivity index (χ3n) is 2.54. The molecule has 0 atom stereocenters. The highest BCUT2D eigenvalue weighted by molar-refractivity contribution is 4.83. The maximum absolute atomic E-state index is 9.69. The van der Waals surface area contributed by atoms with Gasteiger partial charge in [0.25, 0.3) is 0 Å². The van der Waals surface area contributed by atoms with Crippen molar-refractivity contribution in [3.63, 3.8) is 0 Å². The van der Waals surface area contributed by atoms with Gasteiger partial charge in [-0.05, 0) is 32.1 Å². The van der Waals surface area contributed by atoms with Crippen LogP contribution in [-0.2, 0) is 0 Å². The predicted molar refractivity (Wildman–Crippen MR) is 39.7 cm³/mol. The van der Waals surface area contributed by atoms with Gasteiger partial charge in [0.15, 0.2) is 0 Å². The smallest absolute Gasteiger partial charge is 0.0647 e. The zero-order chi connectivity index (χ0) is 7.61. The summed E-state index contributed by atoms with van der Waals surface area (Å²) in [6.07, 6.45) is 3.73. The summed E-state index contributed by atoms with van der Waals surface area (Å²) >= 11 is 0. The first kappa shape index (κ1) is 8.02. The van der Waals surface area contributed by atoms with Crippen LogP contribution in [0.1, 0.15) is 39.0 Å². The second kappa shape index (κ2) is 2.89. The molecule has 0 aromatic rings. The minimum absolute atomic E-state index is 0.160. The first-order valence-corrected chi connectivity index (χ1v) is 4.07. The van der Waals surface area contributed by atoms with Crippen LogP contribution in [0.2, 0.25) is 0 Å². The monoisotopic (exact) mass is 144 g/mol. The summed E-state index contributed by atoms with van der Waals surface area (Å²) in [5.74, 6) is 0. The molecule has 2 heteroatoms. The second-order valence-corrected chi connectivity index (χ2v) is 3.31. The molecule has 0 aromatic heterocycles. The minimum Gasteiger partial charge on any atom is -0.393 e. The van der Waals surface area contributed by atoms with Crippen molar-refractivity contribution in [3.05, 3.63) is 0 Å². The van der Waals surface area contributed by atoms with Crippen LogP contribution in [0.3, 0.4) is 0 Å². The molecule has 1 saturated carbocycles. The molecule has 1 rings (SSSR count). The highest BCUT2D eigenvalue weighted by Gasteiger charge is 2.30. The molecule has 0 bridgehead atoms. The van der Waals surface area contributed by atoms with E-state index in [2.05, 4.69) is 0 Å². The van der Waals surface area contributed by atoms with E-state index in [-0.39, 0.29) is 6.10 Å². The lowest BCUT2D eigenvalue weighted by atomic mass is 9.82. The van der Waals surface area contributed by atoms with E-state index in [4.69, 9.17) is 5.11 Å². The predicted octanol–water partition coefficient (Wildman–Crippen LogP) is 1.06. The van der Waals surface area contributed by atoms with Crippen molar-refractivity contribution >= 4 is 0 Å². The van der Waals surface area contributed by atoms with Crippen LogP contribution in [0.4, 0.5) is 0 Å². The number of hydrogen-bond acceptors (Lipinski definition) is 2. The Balaban J connectivity index is 2.38. The third kappa shape index (κ3) is 1.70. The Morgan fingerprint density at radius 2 is 1.90 bits per heavy atom. The minimum atomic E-state index is -0.459. The molecule has 1 aliphatic carbocycles. The van der Waals surface area contributed by atoms with Gasteiger partial charge in [-0.2, -0.15) is 0 Å². The Morgan fingerprint density at radius 1 is 1.40 bits per heavy atom. The number of aliphatic hydroxyl groups excluding tert-OH is 1. The van der Waals surface area contributed by atoms with Crippen molar-refractivity contribution in [1.29, 1.82) is 0 Å². The zero-order valence-electron chi connectivity index (χ0n) is 6.51. The lowest BCUT2D eigenvalue weighted by Gasteiger charge is -2.33. The molecule has 10 heavy (non-hydrogen) atoms. The van der Waals surface area contributed by atoms with Crippen LogP contribution in [0.15, 0.2) is 0 Å². The topological polar surface area (TPSA) is 40.5 Å². The molecule has 0 aromatic carbocycles. The second-order valence-electron chi connectivity index (χ2n) is 3.31. The van der Waals surface area contributed by atoms with Crippen LogP contribution in [0.25, 0.3) is 0 Å². The van der Waals surface area contributed by atoms with Crippen LogP contribution in [0.5, 0.6) is 0 Å². The van der Waals surface area contributed by atoms with Gasteiger partial charge < -0.3 is 10.2 Å². The van der Waals surface area contributed by atoms with Crippen molar-refractivity contribution in [2.45, 2.75) is 50.7 Å². The largest absolute Gasteiger partial charge is 0.393 e. The Hall–Kier alpha value is -0.0800. The zero-order valence-corrected chi connectivity index (χ0v) is 6.51. The summed E-state index contributed by atoms with van der Waals surface area (Å²) in [6, 6.07) is 0. The fourth-order valence-corrected chi connectivity index (χ4v) is 1.49. The molecule has 60 valence electrons. The Bertz CT molecular complexity index is 104. The molecule has 1 fully saturated rings. The SMILES string of the molecule is CC[C@]1(O)CC[C@H](O)CC1. The number of hydrogen-bond donors (Lipinski definition) is 2. The van der Waals surface area contributed by atoms with E-state index >= 15 is 0 Å². The van der Waals surface area contributed by atoms with Gasteiger partial charge in [-0.3, -0.25) is 0 Å². The molecular weight excluding hydrogens is 128 g/mol. The van der Waals surface area contributed by atoms with Crippen molar-refractivity contribution in [2.75, 3.05) is 0 Å². The molecule has 0 amide bonds. The first-order chi connectivity index (χ1) is 4.66. The summed E-state index contributed by atoms with van der Waals surface area (Å²) < 4.78 is 0. The Morgan fingerprint density at radius 3 is 2.30 bits per heavy atom. The van der Waals surface area contributed by atoms with E-state index in [1.807, 2.05) is 6.92 Å². The van der Waals surface area contributed by atoms with Gasteiger partial charge in [-0.15, -0.1) is 0 Å². The van der Waals surface area contributed by atoms with E-state index in [0.29, 0.717) is 0 Å². The van der Waals surface area contributed by atoms with Crippen LogP contribution < -0.4 is 0 Å².